The molecule has 41 heavy (non-hydrogen) atoms. The Bertz CT molecular complexity index is 2140. The summed E-state index contributed by atoms with van der Waals surface area (Å²) < 4.78 is 2.23. The molecule has 0 N–H and O–H groups in total. The van der Waals surface area contributed by atoms with Crippen LogP contribution in [-0.4, -0.2) is 48.8 Å². The van der Waals surface area contributed by atoms with Crippen LogP contribution in [0.2, 0.25) is 0 Å². The Balaban J connectivity index is 1.73. The summed E-state index contributed by atoms with van der Waals surface area (Å²) in [7, 11) is 32.4. The van der Waals surface area contributed by atoms with Gasteiger partial charge in [-0.25, -0.2) is 4.98 Å². The third-order valence-corrected chi connectivity index (χ3v) is 8.00. The lowest BCUT2D eigenvalue weighted by molar-refractivity contribution is 1.02. The van der Waals surface area contributed by atoms with Gasteiger partial charge in [-0.05, 0) is 58.1 Å². The van der Waals surface area contributed by atoms with Crippen LogP contribution in [0.4, 0.5) is 0 Å². The first-order valence-corrected chi connectivity index (χ1v) is 13.4. The molecule has 7 rings (SSSR count). The Morgan fingerprint density at radius 1 is 0.512 bits per heavy atom. The lowest BCUT2D eigenvalue weighted by Gasteiger charge is -2.25. The number of benzene rings is 6. The number of rotatable bonds is 3. The molecule has 7 aromatic rings. The Morgan fingerprint density at radius 2 is 1.10 bits per heavy atom. The molecule has 1 heterocycles. The molecule has 0 fully saturated rings. The summed E-state index contributed by atoms with van der Waals surface area (Å²) in [6.07, 6.45) is 0. The number of aromatic nitrogens is 2. The summed E-state index contributed by atoms with van der Waals surface area (Å²) in [6, 6.07) is 33.2. The van der Waals surface area contributed by atoms with Gasteiger partial charge in [-0.1, -0.05) is 89.8 Å². The number of fused-ring (bicyclic) bond motifs is 3. The van der Waals surface area contributed by atoms with E-state index >= 15 is 0 Å². The van der Waals surface area contributed by atoms with Crippen molar-refractivity contribution in [3.8, 4) is 27.9 Å². The van der Waals surface area contributed by atoms with E-state index in [0.29, 0.717) is 16.5 Å². The molecule has 0 saturated carbocycles. The fraction of sp³-hybridized carbons (Fsp3) is 0.0294. The maximum Gasteiger partial charge on any atom is 0.113 e. The monoisotopic (exact) mass is 510 g/mol. The molecule has 0 aliphatic carbocycles. The van der Waals surface area contributed by atoms with Gasteiger partial charge in [0, 0.05) is 10.8 Å². The van der Waals surface area contributed by atoms with Crippen LogP contribution in [0.25, 0.3) is 60.5 Å². The zero-order valence-electron chi connectivity index (χ0n) is 22.5. The van der Waals surface area contributed by atoms with E-state index in [2.05, 4.69) is 53.1 Å². The van der Waals surface area contributed by atoms with Crippen molar-refractivity contribution in [1.82, 2.24) is 9.55 Å². The molecule has 0 aliphatic heterocycles. The minimum Gasteiger partial charge on any atom is -0.295 e. The summed E-state index contributed by atoms with van der Waals surface area (Å²) in [5, 5.41) is 3.94. The Kier molecular flexibility index (Phi) is 6.01. The predicted octanol–water partition coefficient (Wildman–Crippen LogP) is 2.94. The van der Waals surface area contributed by atoms with Crippen molar-refractivity contribution in [2.75, 3.05) is 0 Å². The first kappa shape index (κ1) is 25.6. The van der Waals surface area contributed by atoms with Crippen LogP contribution >= 0.6 is 0 Å². The molecule has 0 saturated heterocycles. The third-order valence-electron chi connectivity index (χ3n) is 8.00. The maximum absolute atomic E-state index is 6.69. The molecule has 0 atom stereocenters. The van der Waals surface area contributed by atoms with Gasteiger partial charge in [0.05, 0.1) is 16.7 Å². The molecule has 6 aromatic carbocycles. The summed E-state index contributed by atoms with van der Waals surface area (Å²) in [6.45, 7) is 2.03. The molecule has 0 spiro atoms. The van der Waals surface area contributed by atoms with E-state index < -0.39 is 0 Å². The van der Waals surface area contributed by atoms with Gasteiger partial charge >= 0.3 is 0 Å². The van der Waals surface area contributed by atoms with Crippen molar-refractivity contribution in [2.24, 2.45) is 0 Å². The molecule has 0 bridgehead atoms. The molecule has 0 aliphatic rings. The molecule has 10 radical (unpaired) electrons. The van der Waals surface area contributed by atoms with Gasteiger partial charge < -0.3 is 0 Å². The van der Waals surface area contributed by atoms with Crippen LogP contribution in [0.5, 0.6) is 0 Å². The van der Waals surface area contributed by atoms with Crippen LogP contribution in [0.1, 0.15) is 5.82 Å². The average molecular weight is 510 g/mol. The average Bonchev–Trinajstić information content (AvgIpc) is 3.34. The SMILES string of the molecule is [B]c1c([B])c([B])c(-c2c3ccccc3c(-n3c(C)nc4ccccc43)c3ccc(-c4ccccc4)cc23)c([B])c1[B]. The molecular weight excluding hydrogens is 490 g/mol. The summed E-state index contributed by atoms with van der Waals surface area (Å²) in [4.78, 5) is 4.89. The van der Waals surface area contributed by atoms with Gasteiger partial charge in [-0.2, -0.15) is 0 Å². The first-order valence-electron chi connectivity index (χ1n) is 13.4. The van der Waals surface area contributed by atoms with Crippen molar-refractivity contribution >= 4 is 99.1 Å². The van der Waals surface area contributed by atoms with E-state index in [1.165, 1.54) is 0 Å². The second-order valence-corrected chi connectivity index (χ2v) is 10.3. The van der Waals surface area contributed by atoms with E-state index in [0.717, 1.165) is 60.8 Å². The predicted molar refractivity (Wildman–Crippen MR) is 179 cm³/mol. The van der Waals surface area contributed by atoms with E-state index in [-0.39, 0.29) is 16.4 Å². The van der Waals surface area contributed by atoms with Crippen molar-refractivity contribution in [3.05, 3.63) is 103 Å². The minimum atomic E-state index is 0.194. The summed E-state index contributed by atoms with van der Waals surface area (Å²) in [5.41, 5.74) is 7.83. The van der Waals surface area contributed by atoms with Crippen molar-refractivity contribution in [3.63, 3.8) is 0 Å². The van der Waals surface area contributed by atoms with E-state index in [1.54, 1.807) is 0 Å². The Labute approximate surface area is 245 Å². The van der Waals surface area contributed by atoms with Gasteiger partial charge in [0.1, 0.15) is 45.1 Å². The zero-order chi connectivity index (χ0) is 28.4. The summed E-state index contributed by atoms with van der Waals surface area (Å²) in [5.74, 6) is 0.887. The molecule has 2 nitrogen and oxygen atoms in total. The minimum absolute atomic E-state index is 0.194. The molecular formula is C34H19B5N2. The van der Waals surface area contributed by atoms with Crippen LogP contribution in [0, 0.1) is 6.92 Å². The molecule has 0 unspecified atom stereocenters. The Hall–Kier alpha value is -4.37. The normalized spacial score (nSPS) is 11.5. The highest BCUT2D eigenvalue weighted by Gasteiger charge is 2.22. The van der Waals surface area contributed by atoms with Gasteiger partial charge in [-0.3, -0.25) is 4.57 Å². The van der Waals surface area contributed by atoms with Crippen molar-refractivity contribution < 1.29 is 0 Å². The third kappa shape index (κ3) is 3.83. The smallest absolute Gasteiger partial charge is 0.113 e. The van der Waals surface area contributed by atoms with Crippen molar-refractivity contribution in [2.45, 2.75) is 6.92 Å². The van der Waals surface area contributed by atoms with Gasteiger partial charge in [0.2, 0.25) is 0 Å². The Morgan fingerprint density at radius 3 is 1.83 bits per heavy atom. The lowest BCUT2D eigenvalue weighted by Crippen LogP contribution is -2.55. The molecule has 7 heteroatoms. The number of hydrogen-bond donors (Lipinski definition) is 0. The highest BCUT2D eigenvalue weighted by Crippen LogP contribution is 2.42. The fourth-order valence-electron chi connectivity index (χ4n) is 6.02. The second-order valence-electron chi connectivity index (χ2n) is 10.3. The highest BCUT2D eigenvalue weighted by molar-refractivity contribution is 6.69. The van der Waals surface area contributed by atoms with Crippen LogP contribution in [0.15, 0.2) is 97.1 Å². The van der Waals surface area contributed by atoms with Gasteiger partial charge in [0.25, 0.3) is 0 Å². The second kappa shape index (κ2) is 9.63. The van der Waals surface area contributed by atoms with Crippen LogP contribution in [0.3, 0.4) is 0 Å². The zero-order valence-corrected chi connectivity index (χ0v) is 22.5. The molecule has 1 aromatic heterocycles. The van der Waals surface area contributed by atoms with Gasteiger partial charge in [-0.15, -0.1) is 16.4 Å². The quantitative estimate of drug-likeness (QED) is 0.265. The summed E-state index contributed by atoms with van der Waals surface area (Å²) >= 11 is 0. The van der Waals surface area contributed by atoms with E-state index in [1.807, 2.05) is 55.5 Å². The number of para-hydroxylation sites is 2. The maximum atomic E-state index is 6.69. The van der Waals surface area contributed by atoms with Gasteiger partial charge in [0.15, 0.2) is 0 Å². The number of hydrogen-bond acceptors (Lipinski definition) is 1. The highest BCUT2D eigenvalue weighted by atomic mass is 15.1. The van der Waals surface area contributed by atoms with Crippen LogP contribution in [-0.2, 0) is 0 Å². The number of imidazole rings is 1. The van der Waals surface area contributed by atoms with Crippen LogP contribution < -0.4 is 27.3 Å². The van der Waals surface area contributed by atoms with Crippen molar-refractivity contribution in [1.29, 1.82) is 0 Å². The standard InChI is InChI=1S/C34H19B5N2/c1-18-40-25-13-7-8-14-26(25)41(18)34-22-12-6-5-11-21(22)27(28-29(35)31(37)33(39)32(38)30(28)36)24-17-20(15-16-23(24)34)19-9-3-2-4-10-19/h2-17H,1H3. The molecule has 180 valence electrons. The topological polar surface area (TPSA) is 17.8 Å². The molecule has 0 amide bonds. The lowest BCUT2D eigenvalue weighted by atomic mass is 9.59. The largest absolute Gasteiger partial charge is 0.295 e. The van der Waals surface area contributed by atoms with E-state index in [4.69, 9.17) is 44.2 Å². The fourth-order valence-corrected chi connectivity index (χ4v) is 6.02. The number of aryl methyl sites for hydroxylation is 1. The number of nitrogens with zero attached hydrogens (tertiary/aromatic N) is 2. The first-order chi connectivity index (χ1) is 19.9. The van der Waals surface area contributed by atoms with E-state index in [9.17, 15) is 0 Å².